The van der Waals surface area contributed by atoms with Crippen molar-refractivity contribution in [3.8, 4) is 11.5 Å². The highest BCUT2D eigenvalue weighted by Crippen LogP contribution is 2.30. The molecule has 0 spiro atoms. The molecule has 29 heavy (non-hydrogen) atoms. The molecule has 0 atom stereocenters. The van der Waals surface area contributed by atoms with E-state index in [9.17, 15) is 8.42 Å². The molecule has 0 unspecified atom stereocenters. The summed E-state index contributed by atoms with van der Waals surface area (Å²) in [4.78, 5) is 8.45. The Labute approximate surface area is 169 Å². The predicted octanol–water partition coefficient (Wildman–Crippen LogP) is 2.59. The van der Waals surface area contributed by atoms with Gasteiger partial charge in [0.25, 0.3) is 0 Å². The number of rotatable bonds is 9. The van der Waals surface area contributed by atoms with Gasteiger partial charge in [-0.15, -0.1) is 0 Å². The van der Waals surface area contributed by atoms with Gasteiger partial charge in [0.05, 0.1) is 25.8 Å². The normalized spacial score (nSPS) is 11.0. The Kier molecular flexibility index (Phi) is 6.47. The van der Waals surface area contributed by atoms with Crippen molar-refractivity contribution in [1.29, 1.82) is 0 Å². The maximum Gasteiger partial charge on any atom is 0.242 e. The highest BCUT2D eigenvalue weighted by Gasteiger charge is 2.12. The van der Waals surface area contributed by atoms with E-state index in [1.54, 1.807) is 50.6 Å². The van der Waals surface area contributed by atoms with E-state index < -0.39 is 10.0 Å². The molecule has 1 aromatic heterocycles. The third-order valence-corrected chi connectivity index (χ3v) is 5.33. The van der Waals surface area contributed by atoms with Crippen LogP contribution in [0.4, 0.5) is 17.3 Å². The van der Waals surface area contributed by atoms with Crippen molar-refractivity contribution >= 4 is 27.3 Å². The molecule has 0 saturated carbocycles. The van der Waals surface area contributed by atoms with Crippen LogP contribution in [0.5, 0.6) is 11.5 Å². The van der Waals surface area contributed by atoms with Gasteiger partial charge in [-0.05, 0) is 24.3 Å². The van der Waals surface area contributed by atoms with E-state index in [1.807, 2.05) is 6.07 Å². The van der Waals surface area contributed by atoms with Gasteiger partial charge in [-0.25, -0.2) is 18.4 Å². The van der Waals surface area contributed by atoms with Crippen molar-refractivity contribution in [2.24, 2.45) is 0 Å². The third kappa shape index (κ3) is 5.33. The van der Waals surface area contributed by atoms with E-state index in [0.717, 1.165) is 5.69 Å². The average molecular weight is 415 g/mol. The summed E-state index contributed by atoms with van der Waals surface area (Å²) in [5.41, 5.74) is 0.747. The van der Waals surface area contributed by atoms with Crippen LogP contribution in [0.2, 0.25) is 0 Å². The van der Waals surface area contributed by atoms with Crippen LogP contribution in [0.15, 0.2) is 65.8 Å². The minimum atomic E-state index is -3.60. The molecule has 0 radical (unpaired) electrons. The van der Waals surface area contributed by atoms with Gasteiger partial charge in [0, 0.05) is 17.8 Å². The van der Waals surface area contributed by atoms with E-state index in [1.165, 1.54) is 18.5 Å². The first-order valence-corrected chi connectivity index (χ1v) is 10.1. The lowest BCUT2D eigenvalue weighted by molar-refractivity contribution is 0.355. The van der Waals surface area contributed by atoms with E-state index >= 15 is 0 Å². The molecule has 2 aromatic carbocycles. The van der Waals surface area contributed by atoms with Gasteiger partial charge >= 0.3 is 0 Å². The molecule has 10 heteroatoms. The Hall–Kier alpha value is -3.37. The zero-order chi connectivity index (χ0) is 20.7. The Bertz CT molecular complexity index is 1060. The lowest BCUT2D eigenvalue weighted by atomic mass is 10.2. The number of hydrogen-bond donors (Lipinski definition) is 3. The van der Waals surface area contributed by atoms with Crippen LogP contribution in [0.1, 0.15) is 0 Å². The zero-order valence-electron chi connectivity index (χ0n) is 15.9. The first-order valence-electron chi connectivity index (χ1n) is 8.61. The largest absolute Gasteiger partial charge is 0.493 e. The number of ether oxygens (including phenoxy) is 2. The topological polar surface area (TPSA) is 114 Å². The van der Waals surface area contributed by atoms with Crippen molar-refractivity contribution < 1.29 is 17.9 Å². The van der Waals surface area contributed by atoms with Gasteiger partial charge in [0.1, 0.15) is 18.0 Å². The fourth-order valence-electron chi connectivity index (χ4n) is 2.49. The lowest BCUT2D eigenvalue weighted by Crippen LogP contribution is -2.29. The Morgan fingerprint density at radius 1 is 0.897 bits per heavy atom. The number of benzene rings is 2. The number of sulfonamides is 1. The highest BCUT2D eigenvalue weighted by atomic mass is 32.2. The Balaban J connectivity index is 1.63. The molecule has 0 aliphatic carbocycles. The van der Waals surface area contributed by atoms with Gasteiger partial charge in [-0.1, -0.05) is 18.2 Å². The summed E-state index contributed by atoms with van der Waals surface area (Å²) < 4.78 is 37.4. The molecule has 3 aromatic rings. The molecule has 0 aliphatic heterocycles. The van der Waals surface area contributed by atoms with Crippen LogP contribution in [0, 0.1) is 0 Å². The van der Waals surface area contributed by atoms with Crippen LogP contribution in [-0.4, -0.2) is 39.3 Å². The summed E-state index contributed by atoms with van der Waals surface area (Å²) in [6, 6.07) is 15.2. The molecule has 0 amide bonds. The van der Waals surface area contributed by atoms with Crippen molar-refractivity contribution in [2.75, 3.05) is 31.5 Å². The Morgan fingerprint density at radius 3 is 2.34 bits per heavy atom. The maximum atomic E-state index is 12.2. The van der Waals surface area contributed by atoms with Gasteiger partial charge in [-0.2, -0.15) is 4.72 Å². The first-order chi connectivity index (χ1) is 14.0. The number of anilines is 3. The minimum absolute atomic E-state index is 0.0238. The number of nitrogens with one attached hydrogen (secondary N) is 3. The molecular weight excluding hydrogens is 394 g/mol. The molecule has 152 valence electrons. The number of aromatic nitrogens is 2. The second kappa shape index (κ2) is 9.22. The van der Waals surface area contributed by atoms with Crippen molar-refractivity contribution in [2.45, 2.75) is 4.90 Å². The quantitative estimate of drug-likeness (QED) is 0.457. The fraction of sp³-hybridized carbons (Fsp3) is 0.158. The van der Waals surface area contributed by atoms with Gasteiger partial charge in [-0.3, -0.25) is 0 Å². The standard InChI is InChI=1S/C19H21N5O4S/c1-27-16-9-8-14(10-17(16)28-2)24-19-11-18(20-12-21-19)22-13-23-29(25,26)15-6-4-3-5-7-15/h3-12,23H,13H2,1-2H3,(H2,20,21,22,24). The smallest absolute Gasteiger partial charge is 0.242 e. The number of nitrogens with zero attached hydrogens (tertiary/aromatic N) is 2. The summed E-state index contributed by atoms with van der Waals surface area (Å²) in [6.45, 7) is -0.0238. The average Bonchev–Trinajstić information content (AvgIpc) is 2.74. The van der Waals surface area contributed by atoms with E-state index in [-0.39, 0.29) is 11.6 Å². The van der Waals surface area contributed by atoms with Crippen LogP contribution in [0.25, 0.3) is 0 Å². The molecule has 0 bridgehead atoms. The second-order valence-corrected chi connectivity index (χ2v) is 7.56. The molecule has 9 nitrogen and oxygen atoms in total. The van der Waals surface area contributed by atoms with Crippen LogP contribution < -0.4 is 24.8 Å². The number of methoxy groups -OCH3 is 2. The van der Waals surface area contributed by atoms with E-state index in [0.29, 0.717) is 23.1 Å². The molecule has 0 aliphatic rings. The number of hydrogen-bond acceptors (Lipinski definition) is 8. The fourth-order valence-corrected chi connectivity index (χ4v) is 3.43. The van der Waals surface area contributed by atoms with Crippen LogP contribution in [-0.2, 0) is 10.0 Å². The maximum absolute atomic E-state index is 12.2. The van der Waals surface area contributed by atoms with Gasteiger partial charge in [0.2, 0.25) is 10.0 Å². The molecule has 1 heterocycles. The first kappa shape index (κ1) is 20.4. The van der Waals surface area contributed by atoms with Gasteiger partial charge in [0.15, 0.2) is 11.5 Å². The molecule has 3 N–H and O–H groups in total. The van der Waals surface area contributed by atoms with Crippen molar-refractivity contribution in [3.63, 3.8) is 0 Å². The summed E-state index contributed by atoms with van der Waals surface area (Å²) in [5, 5.41) is 6.05. The highest BCUT2D eigenvalue weighted by molar-refractivity contribution is 7.89. The third-order valence-electron chi connectivity index (χ3n) is 3.91. The summed E-state index contributed by atoms with van der Waals surface area (Å²) >= 11 is 0. The van der Waals surface area contributed by atoms with E-state index in [2.05, 4.69) is 25.3 Å². The lowest BCUT2D eigenvalue weighted by Gasteiger charge is -2.12. The Morgan fingerprint density at radius 2 is 1.62 bits per heavy atom. The zero-order valence-corrected chi connectivity index (χ0v) is 16.7. The monoisotopic (exact) mass is 415 g/mol. The molecule has 0 fully saturated rings. The van der Waals surface area contributed by atoms with Crippen molar-refractivity contribution in [3.05, 3.63) is 60.9 Å². The molecule has 3 rings (SSSR count). The molecular formula is C19H21N5O4S. The second-order valence-electron chi connectivity index (χ2n) is 5.80. The summed E-state index contributed by atoms with van der Waals surface area (Å²) in [6.07, 6.45) is 1.37. The SMILES string of the molecule is COc1ccc(Nc2cc(NCNS(=O)(=O)c3ccccc3)ncn2)cc1OC. The minimum Gasteiger partial charge on any atom is -0.493 e. The predicted molar refractivity (Wildman–Crippen MR) is 110 cm³/mol. The summed E-state index contributed by atoms with van der Waals surface area (Å²) in [5.74, 6) is 2.19. The van der Waals surface area contributed by atoms with Gasteiger partial charge < -0.3 is 20.1 Å². The van der Waals surface area contributed by atoms with E-state index in [4.69, 9.17) is 9.47 Å². The van der Waals surface area contributed by atoms with Crippen LogP contribution in [0.3, 0.4) is 0 Å². The van der Waals surface area contributed by atoms with Crippen LogP contribution >= 0.6 is 0 Å². The summed E-state index contributed by atoms with van der Waals surface area (Å²) in [7, 11) is -0.472. The van der Waals surface area contributed by atoms with Crippen molar-refractivity contribution in [1.82, 2.24) is 14.7 Å². The molecule has 0 saturated heterocycles.